The van der Waals surface area contributed by atoms with E-state index in [1.807, 2.05) is 0 Å². The lowest BCUT2D eigenvalue weighted by Crippen LogP contribution is -2.29. The Bertz CT molecular complexity index is 680. The second kappa shape index (κ2) is 4.04. The fourth-order valence-corrected chi connectivity index (χ4v) is 3.86. The number of aromatic nitrogens is 2. The fraction of sp³-hybridized carbons (Fsp3) is 0.364. The number of aliphatic hydroxyl groups excluding tert-OH is 1. The van der Waals surface area contributed by atoms with Crippen LogP contribution in [0.2, 0.25) is 0 Å². The summed E-state index contributed by atoms with van der Waals surface area (Å²) in [6.07, 6.45) is 2.98. The molecule has 1 fully saturated rings. The van der Waals surface area contributed by atoms with Crippen LogP contribution in [0, 0.1) is 0 Å². The highest BCUT2D eigenvalue weighted by molar-refractivity contribution is 7.89. The average molecular weight is 267 g/mol. The van der Waals surface area contributed by atoms with Crippen molar-refractivity contribution in [1.82, 2.24) is 14.3 Å². The quantitative estimate of drug-likeness (QED) is 0.820. The van der Waals surface area contributed by atoms with Crippen LogP contribution in [0.1, 0.15) is 6.42 Å². The first-order valence-corrected chi connectivity index (χ1v) is 7.13. The van der Waals surface area contributed by atoms with Crippen LogP contribution in [0.5, 0.6) is 0 Å². The first-order valence-electron chi connectivity index (χ1n) is 5.69. The van der Waals surface area contributed by atoms with Crippen LogP contribution in [0.3, 0.4) is 0 Å². The van der Waals surface area contributed by atoms with E-state index in [-0.39, 0.29) is 11.4 Å². The van der Waals surface area contributed by atoms with Crippen LogP contribution in [-0.4, -0.2) is 47.0 Å². The number of nitrogens with zero attached hydrogens (tertiary/aromatic N) is 2. The zero-order valence-corrected chi connectivity index (χ0v) is 10.4. The minimum atomic E-state index is -3.55. The standard InChI is InChI=1S/C11H13N3O3S/c15-8-3-5-14(7-8)18(16,17)10-6-13-11-9(10)2-1-4-12-11/h1-2,4,6,8,15H,3,5,7H2,(H,12,13)/t8-/m0/s1. The number of β-amino-alcohol motifs (C(OH)–C–C–N with tert-alkyl or cyclic N) is 1. The number of hydrogen-bond acceptors (Lipinski definition) is 4. The highest BCUT2D eigenvalue weighted by Crippen LogP contribution is 2.26. The summed E-state index contributed by atoms with van der Waals surface area (Å²) in [6, 6.07) is 3.42. The summed E-state index contributed by atoms with van der Waals surface area (Å²) in [5.74, 6) is 0. The number of sulfonamides is 1. The Hall–Kier alpha value is -1.44. The lowest BCUT2D eigenvalue weighted by molar-refractivity contribution is 0.189. The second-order valence-corrected chi connectivity index (χ2v) is 6.26. The van der Waals surface area contributed by atoms with Crippen molar-refractivity contribution in [2.75, 3.05) is 13.1 Å². The van der Waals surface area contributed by atoms with Crippen molar-refractivity contribution in [2.24, 2.45) is 0 Å². The number of fused-ring (bicyclic) bond motifs is 1. The van der Waals surface area contributed by atoms with Crippen molar-refractivity contribution in [3.05, 3.63) is 24.5 Å². The van der Waals surface area contributed by atoms with Gasteiger partial charge in [-0.25, -0.2) is 13.4 Å². The zero-order chi connectivity index (χ0) is 12.8. The zero-order valence-electron chi connectivity index (χ0n) is 9.57. The molecule has 3 rings (SSSR count). The van der Waals surface area contributed by atoms with E-state index in [0.29, 0.717) is 24.0 Å². The van der Waals surface area contributed by atoms with Gasteiger partial charge < -0.3 is 10.1 Å². The lowest BCUT2D eigenvalue weighted by Gasteiger charge is -2.14. The summed E-state index contributed by atoms with van der Waals surface area (Å²) in [6.45, 7) is 0.520. The predicted octanol–water partition coefficient (Wildman–Crippen LogP) is 0.318. The Morgan fingerprint density at radius 3 is 3.06 bits per heavy atom. The van der Waals surface area contributed by atoms with Crippen LogP contribution in [0.25, 0.3) is 11.0 Å². The molecule has 0 aromatic carbocycles. The number of nitrogens with one attached hydrogen (secondary N) is 1. The molecule has 0 aliphatic carbocycles. The molecule has 0 bridgehead atoms. The Balaban J connectivity index is 2.08. The van der Waals surface area contributed by atoms with Gasteiger partial charge in [-0.05, 0) is 18.6 Å². The van der Waals surface area contributed by atoms with Crippen LogP contribution < -0.4 is 0 Å². The second-order valence-electron chi connectivity index (χ2n) is 4.36. The summed E-state index contributed by atoms with van der Waals surface area (Å²) in [7, 11) is -3.55. The van der Waals surface area contributed by atoms with Gasteiger partial charge in [0.25, 0.3) is 0 Å². The van der Waals surface area contributed by atoms with E-state index in [1.165, 1.54) is 10.5 Å². The fourth-order valence-electron chi connectivity index (χ4n) is 2.21. The molecule has 6 nitrogen and oxygen atoms in total. The summed E-state index contributed by atoms with van der Waals surface area (Å²) in [5, 5.41) is 10.0. The maximum atomic E-state index is 12.4. The van der Waals surface area contributed by atoms with Crippen molar-refractivity contribution in [3.8, 4) is 0 Å². The molecule has 2 aromatic heterocycles. The number of aliphatic hydroxyl groups is 1. The molecule has 1 aliphatic heterocycles. The van der Waals surface area contributed by atoms with Gasteiger partial charge in [-0.2, -0.15) is 4.31 Å². The Morgan fingerprint density at radius 1 is 1.50 bits per heavy atom. The molecule has 3 heterocycles. The van der Waals surface area contributed by atoms with Gasteiger partial charge in [0, 0.05) is 30.9 Å². The third kappa shape index (κ3) is 1.71. The van der Waals surface area contributed by atoms with Crippen LogP contribution in [-0.2, 0) is 10.0 Å². The highest BCUT2D eigenvalue weighted by Gasteiger charge is 2.33. The topological polar surface area (TPSA) is 86.3 Å². The number of hydrogen-bond donors (Lipinski definition) is 2. The maximum Gasteiger partial charge on any atom is 0.245 e. The molecular weight excluding hydrogens is 254 g/mol. The summed E-state index contributed by atoms with van der Waals surface area (Å²) >= 11 is 0. The normalized spacial score (nSPS) is 21.7. The SMILES string of the molecule is O=S(=O)(c1c[nH]c2ncccc12)N1CC[C@H](O)C1. The molecule has 2 N–H and O–H groups in total. The molecule has 0 radical (unpaired) electrons. The van der Waals surface area contributed by atoms with Crippen molar-refractivity contribution < 1.29 is 13.5 Å². The van der Waals surface area contributed by atoms with Crippen molar-refractivity contribution in [3.63, 3.8) is 0 Å². The minimum Gasteiger partial charge on any atom is -0.392 e. The summed E-state index contributed by atoms with van der Waals surface area (Å²) in [5.41, 5.74) is 0.552. The number of rotatable bonds is 2. The van der Waals surface area contributed by atoms with Crippen LogP contribution in [0.15, 0.2) is 29.4 Å². The number of pyridine rings is 1. The Morgan fingerprint density at radius 2 is 2.33 bits per heavy atom. The van der Waals surface area contributed by atoms with Gasteiger partial charge in [0.1, 0.15) is 10.5 Å². The van der Waals surface area contributed by atoms with Gasteiger partial charge in [-0.3, -0.25) is 0 Å². The van der Waals surface area contributed by atoms with E-state index in [9.17, 15) is 13.5 Å². The number of aromatic amines is 1. The third-order valence-electron chi connectivity index (χ3n) is 3.16. The Kier molecular flexibility index (Phi) is 2.61. The molecule has 0 unspecified atom stereocenters. The summed E-state index contributed by atoms with van der Waals surface area (Å²) in [4.78, 5) is 7.14. The minimum absolute atomic E-state index is 0.162. The third-order valence-corrected chi connectivity index (χ3v) is 5.06. The highest BCUT2D eigenvalue weighted by atomic mass is 32.2. The largest absolute Gasteiger partial charge is 0.392 e. The number of H-pyrrole nitrogens is 1. The van der Waals surface area contributed by atoms with Gasteiger partial charge in [0.05, 0.1) is 6.10 Å². The molecular formula is C11H13N3O3S. The predicted molar refractivity (Wildman–Crippen MR) is 65.5 cm³/mol. The monoisotopic (exact) mass is 267 g/mol. The van der Waals surface area contributed by atoms with E-state index in [1.54, 1.807) is 18.3 Å². The van der Waals surface area contributed by atoms with Crippen molar-refractivity contribution >= 4 is 21.1 Å². The van der Waals surface area contributed by atoms with Crippen LogP contribution in [0.4, 0.5) is 0 Å². The van der Waals surface area contributed by atoms with Gasteiger partial charge >= 0.3 is 0 Å². The average Bonchev–Trinajstić information content (AvgIpc) is 2.95. The molecule has 7 heteroatoms. The van der Waals surface area contributed by atoms with Gasteiger partial charge in [0.2, 0.25) is 10.0 Å². The molecule has 1 atom stereocenters. The van der Waals surface area contributed by atoms with E-state index >= 15 is 0 Å². The maximum absolute atomic E-state index is 12.4. The first kappa shape index (κ1) is 11.6. The smallest absolute Gasteiger partial charge is 0.245 e. The first-order chi connectivity index (χ1) is 8.59. The molecule has 1 saturated heterocycles. The molecule has 0 amide bonds. The van der Waals surface area contributed by atoms with E-state index in [4.69, 9.17) is 0 Å². The van der Waals surface area contributed by atoms with Crippen molar-refractivity contribution in [2.45, 2.75) is 17.4 Å². The van der Waals surface area contributed by atoms with Gasteiger partial charge in [-0.1, -0.05) is 0 Å². The molecule has 2 aromatic rings. The van der Waals surface area contributed by atoms with Crippen molar-refractivity contribution in [1.29, 1.82) is 0 Å². The summed E-state index contributed by atoms with van der Waals surface area (Å²) < 4.78 is 26.2. The van der Waals surface area contributed by atoms with E-state index < -0.39 is 16.1 Å². The van der Waals surface area contributed by atoms with Crippen LogP contribution >= 0.6 is 0 Å². The lowest BCUT2D eigenvalue weighted by atomic mass is 10.3. The van der Waals surface area contributed by atoms with E-state index in [2.05, 4.69) is 9.97 Å². The molecule has 96 valence electrons. The molecule has 1 aliphatic rings. The Labute approximate surface area is 104 Å². The molecule has 18 heavy (non-hydrogen) atoms. The van der Waals surface area contributed by atoms with E-state index in [0.717, 1.165) is 0 Å². The molecule has 0 spiro atoms. The van der Waals surface area contributed by atoms with Gasteiger partial charge in [-0.15, -0.1) is 0 Å². The molecule has 0 saturated carbocycles. The van der Waals surface area contributed by atoms with Gasteiger partial charge in [0.15, 0.2) is 0 Å².